The Kier molecular flexibility index (Phi) is 6.36. The molecule has 0 radical (unpaired) electrons. The number of carbonyl (C=O) groups is 1. The van der Waals surface area contributed by atoms with E-state index in [0.717, 1.165) is 72.0 Å². The second kappa shape index (κ2) is 10.1. The quantitative estimate of drug-likeness (QED) is 0.328. The summed E-state index contributed by atoms with van der Waals surface area (Å²) in [6.07, 6.45) is 6.28. The van der Waals surface area contributed by atoms with Crippen molar-refractivity contribution in [3.05, 3.63) is 88.2 Å². The fourth-order valence-electron chi connectivity index (χ4n) is 5.81. The van der Waals surface area contributed by atoms with E-state index in [-0.39, 0.29) is 5.56 Å². The number of carboxylic acids is 1. The number of imidazole rings is 1. The molecule has 0 amide bonds. The van der Waals surface area contributed by atoms with Crippen LogP contribution in [0, 0.1) is 0 Å². The lowest BCUT2D eigenvalue weighted by Crippen LogP contribution is -2.34. The number of benzene rings is 2. The van der Waals surface area contributed by atoms with Gasteiger partial charge in [-0.15, -0.1) is 0 Å². The summed E-state index contributed by atoms with van der Waals surface area (Å²) >= 11 is 6.04. The number of nitrogens with zero attached hydrogens (tertiary/aromatic N) is 4. The molecule has 7 rings (SSSR count). The molecule has 0 saturated carbocycles. The van der Waals surface area contributed by atoms with Crippen LogP contribution < -0.4 is 14.6 Å². The zero-order valence-electron chi connectivity index (χ0n) is 22.5. The van der Waals surface area contributed by atoms with E-state index in [0.29, 0.717) is 29.8 Å². The molecule has 0 spiro atoms. The predicted octanol–water partition coefficient (Wildman–Crippen LogP) is 4.69. The first-order chi connectivity index (χ1) is 19.9. The van der Waals surface area contributed by atoms with Crippen molar-refractivity contribution in [1.29, 1.82) is 0 Å². The molecule has 0 unspecified atom stereocenters. The van der Waals surface area contributed by atoms with Gasteiger partial charge < -0.3 is 24.1 Å². The van der Waals surface area contributed by atoms with Crippen LogP contribution in [0.2, 0.25) is 5.02 Å². The number of rotatable bonds is 6. The van der Waals surface area contributed by atoms with Gasteiger partial charge in [-0.2, -0.15) is 0 Å². The first-order valence-electron chi connectivity index (χ1n) is 13.8. The molecule has 210 valence electrons. The van der Waals surface area contributed by atoms with Gasteiger partial charge in [0.15, 0.2) is 11.5 Å². The maximum Gasteiger partial charge on any atom is 0.292 e. The van der Waals surface area contributed by atoms with E-state index in [2.05, 4.69) is 16.0 Å². The standard InChI is InChI=1S/C31H29ClN4O5/c1-31(27-8-6-21(32)16-33-27)40-26-4-2-3-23(29(26)41-31)19-9-12-35(13-10-19)18-28-34-24-7-5-20(30(37)38)15-25(24)36(28)17-22-11-14-39-22/h2-8,15-17,19H,9-14,18H2,1H3,(H,37,38)/p-1/b22-17-/t31-/m0/s1. The summed E-state index contributed by atoms with van der Waals surface area (Å²) in [5.74, 6) is 1.31. The molecule has 10 heteroatoms. The predicted molar refractivity (Wildman–Crippen MR) is 150 cm³/mol. The molecule has 41 heavy (non-hydrogen) atoms. The second-order valence-corrected chi connectivity index (χ2v) is 11.3. The van der Waals surface area contributed by atoms with Gasteiger partial charge in [0.2, 0.25) is 0 Å². The third-order valence-electron chi connectivity index (χ3n) is 8.10. The summed E-state index contributed by atoms with van der Waals surface area (Å²) in [5, 5.41) is 12.1. The number of fused-ring (bicyclic) bond motifs is 2. The van der Waals surface area contributed by atoms with E-state index in [4.69, 9.17) is 30.8 Å². The largest absolute Gasteiger partial charge is 0.545 e. The van der Waals surface area contributed by atoms with Gasteiger partial charge in [-0.05, 0) is 67.7 Å². The van der Waals surface area contributed by atoms with Crippen molar-refractivity contribution in [1.82, 2.24) is 19.4 Å². The molecular formula is C31H28ClN4O5-. The summed E-state index contributed by atoms with van der Waals surface area (Å²) in [6.45, 7) is 4.97. The molecule has 0 N–H and O–H groups in total. The molecule has 0 aliphatic carbocycles. The van der Waals surface area contributed by atoms with Gasteiger partial charge in [0.1, 0.15) is 17.3 Å². The molecule has 3 aliphatic heterocycles. The molecule has 2 fully saturated rings. The highest BCUT2D eigenvalue weighted by atomic mass is 35.5. The number of likely N-dealkylation sites (tertiary alicyclic amines) is 1. The van der Waals surface area contributed by atoms with Gasteiger partial charge in [0.05, 0.1) is 35.2 Å². The van der Waals surface area contributed by atoms with Crippen LogP contribution in [0.5, 0.6) is 11.5 Å². The summed E-state index contributed by atoms with van der Waals surface area (Å²) in [6, 6.07) is 14.6. The Hall–Kier alpha value is -4.08. The lowest BCUT2D eigenvalue weighted by molar-refractivity contribution is -0.255. The molecule has 2 aromatic carbocycles. The SMILES string of the molecule is C[C@]1(c2ccc(Cl)cn2)Oc2cccc(C3CCN(Cc4nc5ccc(C(=O)[O-])cc5n4/C=C4/CCO4)CC3)c2O1. The van der Waals surface area contributed by atoms with Crippen molar-refractivity contribution in [2.24, 2.45) is 0 Å². The molecule has 2 aromatic heterocycles. The van der Waals surface area contributed by atoms with Gasteiger partial charge in [-0.25, -0.2) is 4.98 Å². The van der Waals surface area contributed by atoms with Crippen molar-refractivity contribution in [2.45, 2.75) is 44.4 Å². The number of aromatic nitrogens is 3. The maximum absolute atomic E-state index is 11.5. The zero-order valence-corrected chi connectivity index (χ0v) is 23.3. The van der Waals surface area contributed by atoms with Crippen LogP contribution in [-0.2, 0) is 17.1 Å². The topological polar surface area (TPSA) is 102 Å². The van der Waals surface area contributed by atoms with Crippen molar-refractivity contribution in [3.8, 4) is 11.5 Å². The summed E-state index contributed by atoms with van der Waals surface area (Å²) < 4.78 is 20.2. The molecule has 5 heterocycles. The monoisotopic (exact) mass is 571 g/mol. The number of aromatic carboxylic acids is 1. The van der Waals surface area contributed by atoms with Crippen LogP contribution in [0.3, 0.4) is 0 Å². The third-order valence-corrected chi connectivity index (χ3v) is 8.33. The average molecular weight is 572 g/mol. The van der Waals surface area contributed by atoms with Gasteiger partial charge >= 0.3 is 0 Å². The van der Waals surface area contributed by atoms with E-state index in [1.807, 2.05) is 35.9 Å². The number of para-hydroxylation sites is 1. The number of pyridine rings is 1. The highest BCUT2D eigenvalue weighted by Crippen LogP contribution is 2.49. The second-order valence-electron chi connectivity index (χ2n) is 10.8. The third kappa shape index (κ3) is 4.79. The van der Waals surface area contributed by atoms with Gasteiger partial charge in [0.25, 0.3) is 5.79 Å². The first-order valence-corrected chi connectivity index (χ1v) is 14.1. The van der Waals surface area contributed by atoms with Crippen molar-refractivity contribution < 1.29 is 24.1 Å². The van der Waals surface area contributed by atoms with E-state index in [1.165, 1.54) is 6.07 Å². The van der Waals surface area contributed by atoms with E-state index in [9.17, 15) is 9.90 Å². The van der Waals surface area contributed by atoms with Gasteiger partial charge in [-0.1, -0.05) is 29.8 Å². The highest BCUT2D eigenvalue weighted by Gasteiger charge is 2.42. The Labute approximate surface area is 241 Å². The summed E-state index contributed by atoms with van der Waals surface area (Å²) in [7, 11) is 0. The first kappa shape index (κ1) is 25.9. The van der Waals surface area contributed by atoms with E-state index >= 15 is 0 Å². The van der Waals surface area contributed by atoms with Crippen LogP contribution in [-0.4, -0.2) is 45.1 Å². The Morgan fingerprint density at radius 3 is 2.71 bits per heavy atom. The number of ether oxygens (including phenoxy) is 3. The number of halogens is 1. The number of hydrogen-bond donors (Lipinski definition) is 0. The van der Waals surface area contributed by atoms with Crippen molar-refractivity contribution in [2.75, 3.05) is 19.7 Å². The number of carboxylic acid groups (broad SMARTS) is 1. The highest BCUT2D eigenvalue weighted by molar-refractivity contribution is 6.30. The fraction of sp³-hybridized carbons (Fsp3) is 0.323. The maximum atomic E-state index is 11.5. The van der Waals surface area contributed by atoms with Crippen LogP contribution >= 0.6 is 11.6 Å². The molecule has 9 nitrogen and oxygen atoms in total. The lowest BCUT2D eigenvalue weighted by Gasteiger charge is -2.32. The van der Waals surface area contributed by atoms with Crippen molar-refractivity contribution >= 4 is 34.8 Å². The minimum atomic E-state index is -1.21. The summed E-state index contributed by atoms with van der Waals surface area (Å²) in [4.78, 5) is 23.2. The van der Waals surface area contributed by atoms with Crippen molar-refractivity contribution in [3.63, 3.8) is 0 Å². The van der Waals surface area contributed by atoms with Gasteiger partial charge in [-0.3, -0.25) is 14.5 Å². The Morgan fingerprint density at radius 1 is 1.17 bits per heavy atom. The normalized spacial score (nSPS) is 21.7. The van der Waals surface area contributed by atoms with E-state index < -0.39 is 11.8 Å². The molecule has 0 bridgehead atoms. The molecule has 3 aliphatic rings. The van der Waals surface area contributed by atoms with Crippen LogP contribution in [0.15, 0.2) is 60.5 Å². The molecule has 2 saturated heterocycles. The average Bonchev–Trinajstić information content (AvgIpc) is 3.47. The molecular weight excluding hydrogens is 544 g/mol. The fourth-order valence-corrected chi connectivity index (χ4v) is 5.92. The van der Waals surface area contributed by atoms with Crippen LogP contribution in [0.1, 0.15) is 59.5 Å². The lowest BCUT2D eigenvalue weighted by atomic mass is 9.88. The summed E-state index contributed by atoms with van der Waals surface area (Å²) in [5.41, 5.74) is 3.41. The minimum Gasteiger partial charge on any atom is -0.545 e. The van der Waals surface area contributed by atoms with E-state index in [1.54, 1.807) is 24.4 Å². The number of piperidine rings is 1. The Bertz CT molecular complexity index is 1670. The van der Waals surface area contributed by atoms with Crippen LogP contribution in [0.25, 0.3) is 17.2 Å². The smallest absolute Gasteiger partial charge is 0.292 e. The zero-order chi connectivity index (χ0) is 28.1. The number of hydrogen-bond acceptors (Lipinski definition) is 8. The molecule has 1 atom stereocenters. The number of carbonyl (C=O) groups excluding carboxylic acids is 1. The molecule has 4 aromatic rings. The minimum absolute atomic E-state index is 0.128. The Balaban J connectivity index is 1.09. The van der Waals surface area contributed by atoms with Crippen LogP contribution in [0.4, 0.5) is 0 Å². The van der Waals surface area contributed by atoms with Gasteiger partial charge in [0, 0.05) is 31.3 Å². The Morgan fingerprint density at radius 2 is 2.00 bits per heavy atom.